The SMILES string of the molecule is O=[N+]([O-])c1ccc(CC(Br)c2cc(F)ccc2Br)cc1. The number of nitrogens with zero attached hydrogens (tertiary/aromatic N) is 1. The number of halogens is 3. The van der Waals surface area contributed by atoms with E-state index in [0.29, 0.717) is 6.42 Å². The van der Waals surface area contributed by atoms with Gasteiger partial charge in [-0.05, 0) is 35.7 Å². The molecule has 6 heteroatoms. The number of rotatable bonds is 4. The van der Waals surface area contributed by atoms with Crippen molar-refractivity contribution >= 4 is 37.5 Å². The average molecular weight is 403 g/mol. The molecule has 0 amide bonds. The standard InChI is InChI=1S/C14H10Br2FNO2/c15-13-6-3-10(17)8-12(13)14(16)7-9-1-4-11(5-2-9)18(19)20/h1-6,8,14H,7H2. The smallest absolute Gasteiger partial charge is 0.258 e. The molecule has 0 spiro atoms. The molecule has 0 bridgehead atoms. The largest absolute Gasteiger partial charge is 0.269 e. The lowest BCUT2D eigenvalue weighted by Gasteiger charge is -2.12. The minimum Gasteiger partial charge on any atom is -0.258 e. The third-order valence-electron chi connectivity index (χ3n) is 2.86. The molecule has 0 N–H and O–H groups in total. The molecule has 20 heavy (non-hydrogen) atoms. The molecule has 2 rings (SSSR count). The van der Waals surface area contributed by atoms with E-state index in [1.807, 2.05) is 0 Å². The summed E-state index contributed by atoms with van der Waals surface area (Å²) in [6, 6.07) is 10.9. The molecule has 3 nitrogen and oxygen atoms in total. The highest BCUT2D eigenvalue weighted by atomic mass is 79.9. The molecule has 0 aliphatic heterocycles. The Balaban J connectivity index is 2.16. The molecule has 0 heterocycles. The molecule has 1 unspecified atom stereocenters. The summed E-state index contributed by atoms with van der Waals surface area (Å²) in [6.07, 6.45) is 0.611. The van der Waals surface area contributed by atoms with Crippen LogP contribution in [-0.2, 0) is 6.42 Å². The quantitative estimate of drug-likeness (QED) is 0.402. The first-order valence-electron chi connectivity index (χ1n) is 5.79. The van der Waals surface area contributed by atoms with Crippen molar-refractivity contribution in [1.82, 2.24) is 0 Å². The van der Waals surface area contributed by atoms with E-state index in [-0.39, 0.29) is 16.3 Å². The van der Waals surface area contributed by atoms with Crippen molar-refractivity contribution < 1.29 is 9.31 Å². The van der Waals surface area contributed by atoms with Gasteiger partial charge in [-0.3, -0.25) is 10.1 Å². The van der Waals surface area contributed by atoms with E-state index in [9.17, 15) is 14.5 Å². The van der Waals surface area contributed by atoms with Gasteiger partial charge in [0.2, 0.25) is 0 Å². The molecule has 0 radical (unpaired) electrons. The molecule has 0 aliphatic rings. The highest BCUT2D eigenvalue weighted by molar-refractivity contribution is 9.11. The number of benzene rings is 2. The molecular weight excluding hydrogens is 393 g/mol. The van der Waals surface area contributed by atoms with E-state index in [4.69, 9.17) is 0 Å². The van der Waals surface area contributed by atoms with Crippen molar-refractivity contribution in [1.29, 1.82) is 0 Å². The zero-order chi connectivity index (χ0) is 14.7. The van der Waals surface area contributed by atoms with Crippen LogP contribution in [0.15, 0.2) is 46.9 Å². The maximum Gasteiger partial charge on any atom is 0.269 e. The number of hydrogen-bond donors (Lipinski definition) is 0. The van der Waals surface area contributed by atoms with E-state index in [1.165, 1.54) is 24.3 Å². The lowest BCUT2D eigenvalue weighted by Crippen LogP contribution is -1.98. The summed E-state index contributed by atoms with van der Waals surface area (Å²) in [4.78, 5) is 10.1. The Morgan fingerprint density at radius 3 is 2.45 bits per heavy atom. The normalized spacial score (nSPS) is 12.2. The van der Waals surface area contributed by atoms with Gasteiger partial charge in [0.15, 0.2) is 0 Å². The van der Waals surface area contributed by atoms with Crippen molar-refractivity contribution in [2.75, 3.05) is 0 Å². The van der Waals surface area contributed by atoms with E-state index < -0.39 is 4.92 Å². The third kappa shape index (κ3) is 3.64. The second kappa shape index (κ2) is 6.45. The zero-order valence-electron chi connectivity index (χ0n) is 10.2. The molecule has 0 aliphatic carbocycles. The summed E-state index contributed by atoms with van der Waals surface area (Å²) >= 11 is 6.91. The van der Waals surface area contributed by atoms with Gasteiger partial charge in [-0.1, -0.05) is 44.0 Å². The van der Waals surface area contributed by atoms with Crippen LogP contribution in [0.5, 0.6) is 0 Å². The first-order chi connectivity index (χ1) is 9.47. The van der Waals surface area contributed by atoms with Crippen LogP contribution >= 0.6 is 31.9 Å². The lowest BCUT2D eigenvalue weighted by molar-refractivity contribution is -0.384. The summed E-state index contributed by atoms with van der Waals surface area (Å²) < 4.78 is 14.1. The highest BCUT2D eigenvalue weighted by Gasteiger charge is 2.14. The Morgan fingerprint density at radius 1 is 1.20 bits per heavy atom. The summed E-state index contributed by atoms with van der Waals surface area (Å²) in [5, 5.41) is 10.6. The van der Waals surface area contributed by atoms with Crippen LogP contribution in [0.3, 0.4) is 0 Å². The van der Waals surface area contributed by atoms with Crippen LogP contribution in [-0.4, -0.2) is 4.92 Å². The fourth-order valence-electron chi connectivity index (χ4n) is 1.83. The highest BCUT2D eigenvalue weighted by Crippen LogP contribution is 2.33. The van der Waals surface area contributed by atoms with E-state index in [0.717, 1.165) is 15.6 Å². The second-order valence-corrected chi connectivity index (χ2v) is 6.22. The van der Waals surface area contributed by atoms with Crippen LogP contribution in [0.1, 0.15) is 16.0 Å². The van der Waals surface area contributed by atoms with Crippen molar-refractivity contribution in [3.63, 3.8) is 0 Å². The number of nitro groups is 1. The summed E-state index contributed by atoms with van der Waals surface area (Å²) in [6.45, 7) is 0. The minimum atomic E-state index is -0.432. The molecule has 0 fully saturated rings. The van der Waals surface area contributed by atoms with Crippen molar-refractivity contribution in [3.8, 4) is 0 Å². The minimum absolute atomic E-state index is 0.0619. The summed E-state index contributed by atoms with van der Waals surface area (Å²) in [5.74, 6) is -0.295. The van der Waals surface area contributed by atoms with Gasteiger partial charge < -0.3 is 0 Å². The molecule has 1 atom stereocenters. The fraction of sp³-hybridized carbons (Fsp3) is 0.143. The van der Waals surface area contributed by atoms with E-state index in [2.05, 4.69) is 31.9 Å². The van der Waals surface area contributed by atoms with Crippen LogP contribution in [0, 0.1) is 15.9 Å². The van der Waals surface area contributed by atoms with Crippen LogP contribution in [0.4, 0.5) is 10.1 Å². The zero-order valence-corrected chi connectivity index (χ0v) is 13.4. The molecule has 0 saturated heterocycles. The Hall–Kier alpha value is -1.27. The van der Waals surface area contributed by atoms with Crippen LogP contribution < -0.4 is 0 Å². The number of alkyl halides is 1. The van der Waals surface area contributed by atoms with Crippen LogP contribution in [0.2, 0.25) is 0 Å². The maximum atomic E-state index is 13.3. The molecule has 0 aromatic heterocycles. The number of non-ortho nitro benzene ring substituents is 1. The molecule has 2 aromatic rings. The maximum absolute atomic E-state index is 13.3. The second-order valence-electron chi connectivity index (χ2n) is 4.26. The Bertz CT molecular complexity index is 632. The van der Waals surface area contributed by atoms with Crippen molar-refractivity contribution in [2.45, 2.75) is 11.2 Å². The molecule has 2 aromatic carbocycles. The van der Waals surface area contributed by atoms with Gasteiger partial charge in [-0.25, -0.2) is 4.39 Å². The Morgan fingerprint density at radius 2 is 1.85 bits per heavy atom. The summed E-state index contributed by atoms with van der Waals surface area (Å²) in [5.41, 5.74) is 1.81. The number of nitro benzene ring substituents is 1. The summed E-state index contributed by atoms with van der Waals surface area (Å²) in [7, 11) is 0. The van der Waals surface area contributed by atoms with E-state index >= 15 is 0 Å². The van der Waals surface area contributed by atoms with E-state index in [1.54, 1.807) is 18.2 Å². The predicted octanol–water partition coefficient (Wildman–Crippen LogP) is 5.18. The first kappa shape index (κ1) is 15.1. The van der Waals surface area contributed by atoms with Gasteiger partial charge in [0.1, 0.15) is 5.82 Å². The van der Waals surface area contributed by atoms with Crippen molar-refractivity contribution in [2.24, 2.45) is 0 Å². The Kier molecular flexibility index (Phi) is 4.88. The third-order valence-corrected chi connectivity index (χ3v) is 4.40. The van der Waals surface area contributed by atoms with Gasteiger partial charge in [0, 0.05) is 21.4 Å². The molecule has 0 saturated carbocycles. The van der Waals surface area contributed by atoms with Crippen LogP contribution in [0.25, 0.3) is 0 Å². The fourth-order valence-corrected chi connectivity index (χ4v) is 3.41. The topological polar surface area (TPSA) is 43.1 Å². The van der Waals surface area contributed by atoms with Gasteiger partial charge in [0.25, 0.3) is 5.69 Å². The van der Waals surface area contributed by atoms with Crippen molar-refractivity contribution in [3.05, 3.63) is 74.0 Å². The van der Waals surface area contributed by atoms with Gasteiger partial charge >= 0.3 is 0 Å². The predicted molar refractivity (Wildman–Crippen MR) is 82.6 cm³/mol. The first-order valence-corrected chi connectivity index (χ1v) is 7.50. The Labute approximate surface area is 132 Å². The van der Waals surface area contributed by atoms with Gasteiger partial charge in [0.05, 0.1) is 4.92 Å². The average Bonchev–Trinajstić information content (AvgIpc) is 2.42. The lowest BCUT2D eigenvalue weighted by atomic mass is 10.0. The van der Waals surface area contributed by atoms with Gasteiger partial charge in [-0.15, -0.1) is 0 Å². The number of hydrogen-bond acceptors (Lipinski definition) is 2. The molecule has 104 valence electrons. The van der Waals surface area contributed by atoms with Gasteiger partial charge in [-0.2, -0.15) is 0 Å². The monoisotopic (exact) mass is 401 g/mol. The molecular formula is C14H10Br2FNO2.